The van der Waals surface area contributed by atoms with E-state index >= 15 is 0 Å². The standard InChI is InChI=1S/C13H22N4O/c1-4-11-9-16-12(10-15-11)13(18)14-7-8-17(5-2)6-3/h9-10H,4-8H2,1-3H3,(H,14,18). The van der Waals surface area contributed by atoms with Gasteiger partial charge >= 0.3 is 0 Å². The monoisotopic (exact) mass is 250 g/mol. The molecule has 0 saturated carbocycles. The Hall–Kier alpha value is -1.49. The van der Waals surface area contributed by atoms with Gasteiger partial charge in [0.25, 0.3) is 5.91 Å². The summed E-state index contributed by atoms with van der Waals surface area (Å²) in [5.41, 5.74) is 1.28. The molecule has 0 fully saturated rings. The van der Waals surface area contributed by atoms with Crippen LogP contribution in [0.1, 0.15) is 37.0 Å². The van der Waals surface area contributed by atoms with E-state index in [0.29, 0.717) is 12.2 Å². The molecule has 1 aromatic heterocycles. The van der Waals surface area contributed by atoms with Crippen LogP contribution in [-0.4, -0.2) is 47.0 Å². The quantitative estimate of drug-likeness (QED) is 0.787. The molecule has 100 valence electrons. The molecule has 0 aromatic carbocycles. The first kappa shape index (κ1) is 14.6. The normalized spacial score (nSPS) is 10.7. The van der Waals surface area contributed by atoms with E-state index in [1.54, 1.807) is 6.20 Å². The highest BCUT2D eigenvalue weighted by Gasteiger charge is 2.07. The predicted octanol–water partition coefficient (Wildman–Crippen LogP) is 1.11. The van der Waals surface area contributed by atoms with Crippen LogP contribution in [0.5, 0.6) is 0 Å². The van der Waals surface area contributed by atoms with E-state index in [-0.39, 0.29) is 5.91 Å². The van der Waals surface area contributed by atoms with Gasteiger partial charge in [-0.15, -0.1) is 0 Å². The Labute approximate surface area is 109 Å². The van der Waals surface area contributed by atoms with Crippen LogP contribution in [0, 0.1) is 0 Å². The van der Waals surface area contributed by atoms with Crippen LogP contribution in [0.3, 0.4) is 0 Å². The van der Waals surface area contributed by atoms with Gasteiger partial charge in [-0.3, -0.25) is 9.78 Å². The Bertz CT molecular complexity index is 360. The number of aryl methyl sites for hydroxylation is 1. The first-order chi connectivity index (χ1) is 8.71. The largest absolute Gasteiger partial charge is 0.349 e. The number of carbonyl (C=O) groups excluding carboxylic acids is 1. The lowest BCUT2D eigenvalue weighted by molar-refractivity contribution is 0.0943. The fourth-order valence-electron chi connectivity index (χ4n) is 1.61. The number of rotatable bonds is 7. The SMILES string of the molecule is CCc1cnc(C(=O)NCCN(CC)CC)cn1. The summed E-state index contributed by atoms with van der Waals surface area (Å²) in [6, 6.07) is 0. The average Bonchev–Trinajstić information content (AvgIpc) is 2.43. The third-order valence-corrected chi connectivity index (χ3v) is 2.91. The summed E-state index contributed by atoms with van der Waals surface area (Å²) in [4.78, 5) is 22.3. The highest BCUT2D eigenvalue weighted by atomic mass is 16.1. The zero-order valence-corrected chi connectivity index (χ0v) is 11.4. The minimum absolute atomic E-state index is 0.155. The van der Waals surface area contributed by atoms with Gasteiger partial charge in [-0.25, -0.2) is 4.98 Å². The van der Waals surface area contributed by atoms with Gasteiger partial charge in [0, 0.05) is 19.3 Å². The predicted molar refractivity (Wildman–Crippen MR) is 71.5 cm³/mol. The van der Waals surface area contributed by atoms with Gasteiger partial charge in [0.2, 0.25) is 0 Å². The van der Waals surface area contributed by atoms with E-state index in [9.17, 15) is 4.79 Å². The zero-order valence-electron chi connectivity index (χ0n) is 11.4. The van der Waals surface area contributed by atoms with Gasteiger partial charge in [0.05, 0.1) is 11.9 Å². The fourth-order valence-corrected chi connectivity index (χ4v) is 1.61. The second-order valence-electron chi connectivity index (χ2n) is 4.03. The molecule has 18 heavy (non-hydrogen) atoms. The second kappa shape index (κ2) is 7.76. The molecule has 5 nitrogen and oxygen atoms in total. The van der Waals surface area contributed by atoms with Gasteiger partial charge in [-0.2, -0.15) is 0 Å². The lowest BCUT2D eigenvalue weighted by atomic mass is 10.3. The average molecular weight is 250 g/mol. The van der Waals surface area contributed by atoms with E-state index < -0.39 is 0 Å². The number of nitrogens with one attached hydrogen (secondary N) is 1. The van der Waals surface area contributed by atoms with E-state index in [2.05, 4.69) is 34.0 Å². The van der Waals surface area contributed by atoms with Gasteiger partial charge in [0.15, 0.2) is 0 Å². The van der Waals surface area contributed by atoms with E-state index in [1.165, 1.54) is 6.20 Å². The highest BCUT2D eigenvalue weighted by Crippen LogP contribution is 1.96. The third-order valence-electron chi connectivity index (χ3n) is 2.91. The van der Waals surface area contributed by atoms with E-state index in [4.69, 9.17) is 0 Å². The molecule has 0 radical (unpaired) electrons. The summed E-state index contributed by atoms with van der Waals surface area (Å²) in [6.07, 6.45) is 4.02. The van der Waals surface area contributed by atoms with Crippen molar-refractivity contribution < 1.29 is 4.79 Å². The van der Waals surface area contributed by atoms with Crippen LogP contribution in [0.4, 0.5) is 0 Å². The summed E-state index contributed by atoms with van der Waals surface area (Å²) >= 11 is 0. The lowest BCUT2D eigenvalue weighted by Gasteiger charge is -2.17. The van der Waals surface area contributed by atoms with Crippen LogP contribution >= 0.6 is 0 Å². The highest BCUT2D eigenvalue weighted by molar-refractivity contribution is 5.91. The van der Waals surface area contributed by atoms with Crippen molar-refractivity contribution in [2.24, 2.45) is 0 Å². The molecule has 1 rings (SSSR count). The summed E-state index contributed by atoms with van der Waals surface area (Å²) in [6.45, 7) is 9.72. The first-order valence-electron chi connectivity index (χ1n) is 6.52. The summed E-state index contributed by atoms with van der Waals surface area (Å²) in [5.74, 6) is -0.155. The molecular weight excluding hydrogens is 228 g/mol. The zero-order chi connectivity index (χ0) is 13.4. The Morgan fingerprint density at radius 3 is 2.44 bits per heavy atom. The maximum Gasteiger partial charge on any atom is 0.271 e. The summed E-state index contributed by atoms with van der Waals surface area (Å²) in [5, 5.41) is 2.85. The number of nitrogens with zero attached hydrogens (tertiary/aromatic N) is 3. The van der Waals surface area contributed by atoms with Crippen molar-refractivity contribution in [2.75, 3.05) is 26.2 Å². The molecule has 0 spiro atoms. The van der Waals surface area contributed by atoms with Gasteiger partial charge in [-0.05, 0) is 19.5 Å². The number of hydrogen-bond acceptors (Lipinski definition) is 4. The van der Waals surface area contributed by atoms with Crippen LogP contribution in [0.2, 0.25) is 0 Å². The van der Waals surface area contributed by atoms with Crippen molar-refractivity contribution in [1.29, 1.82) is 0 Å². The van der Waals surface area contributed by atoms with Crippen LogP contribution in [0.25, 0.3) is 0 Å². The van der Waals surface area contributed by atoms with Crippen molar-refractivity contribution in [1.82, 2.24) is 20.2 Å². The molecule has 0 aliphatic carbocycles. The Kier molecular flexibility index (Phi) is 6.28. The minimum Gasteiger partial charge on any atom is -0.349 e. The van der Waals surface area contributed by atoms with Crippen molar-refractivity contribution in [3.63, 3.8) is 0 Å². The number of carbonyl (C=O) groups is 1. The fraction of sp³-hybridized carbons (Fsp3) is 0.615. The molecule has 1 heterocycles. The third kappa shape index (κ3) is 4.41. The molecule has 0 bridgehead atoms. The van der Waals surface area contributed by atoms with Crippen LogP contribution < -0.4 is 5.32 Å². The second-order valence-corrected chi connectivity index (χ2v) is 4.03. The van der Waals surface area contributed by atoms with E-state index in [0.717, 1.165) is 31.7 Å². The molecule has 1 N–H and O–H groups in total. The Morgan fingerprint density at radius 1 is 1.22 bits per heavy atom. The number of hydrogen-bond donors (Lipinski definition) is 1. The van der Waals surface area contributed by atoms with E-state index in [1.807, 2.05) is 6.92 Å². The molecule has 0 aliphatic heterocycles. The van der Waals surface area contributed by atoms with Crippen molar-refractivity contribution in [3.05, 3.63) is 23.8 Å². The summed E-state index contributed by atoms with van der Waals surface area (Å²) < 4.78 is 0. The van der Waals surface area contributed by atoms with Crippen LogP contribution in [0.15, 0.2) is 12.4 Å². The van der Waals surface area contributed by atoms with Crippen molar-refractivity contribution in [3.8, 4) is 0 Å². The molecule has 1 amide bonds. The molecular formula is C13H22N4O. The number of amides is 1. The maximum atomic E-state index is 11.8. The van der Waals surface area contributed by atoms with Gasteiger partial charge < -0.3 is 10.2 Å². The molecule has 0 unspecified atom stereocenters. The molecule has 1 aromatic rings. The van der Waals surface area contributed by atoms with Crippen molar-refractivity contribution in [2.45, 2.75) is 27.2 Å². The maximum absolute atomic E-state index is 11.8. The van der Waals surface area contributed by atoms with Gasteiger partial charge in [0.1, 0.15) is 5.69 Å². The number of likely N-dealkylation sites (N-methyl/N-ethyl adjacent to an activating group) is 1. The van der Waals surface area contributed by atoms with Crippen molar-refractivity contribution >= 4 is 5.91 Å². The lowest BCUT2D eigenvalue weighted by Crippen LogP contribution is -2.35. The minimum atomic E-state index is -0.155. The molecule has 0 atom stereocenters. The number of aromatic nitrogens is 2. The van der Waals surface area contributed by atoms with Gasteiger partial charge in [-0.1, -0.05) is 20.8 Å². The molecule has 0 saturated heterocycles. The molecule has 5 heteroatoms. The van der Waals surface area contributed by atoms with Crippen LogP contribution in [-0.2, 0) is 6.42 Å². The molecule has 0 aliphatic rings. The topological polar surface area (TPSA) is 58.1 Å². The smallest absolute Gasteiger partial charge is 0.271 e. The Morgan fingerprint density at radius 2 is 1.94 bits per heavy atom. The first-order valence-corrected chi connectivity index (χ1v) is 6.52. The summed E-state index contributed by atoms with van der Waals surface area (Å²) in [7, 11) is 0. The Balaban J connectivity index is 2.40.